The third-order valence-corrected chi connectivity index (χ3v) is 3.76. The molecule has 0 bridgehead atoms. The minimum absolute atomic E-state index is 0.171. The van der Waals surface area contributed by atoms with Crippen molar-refractivity contribution < 1.29 is 4.79 Å². The van der Waals surface area contributed by atoms with Crippen molar-refractivity contribution in [3.63, 3.8) is 0 Å². The lowest BCUT2D eigenvalue weighted by Crippen LogP contribution is -2.11. The van der Waals surface area contributed by atoms with Crippen LogP contribution in [-0.4, -0.2) is 5.91 Å². The second-order valence-electron chi connectivity index (χ2n) is 3.77. The molecule has 0 saturated heterocycles. The fraction of sp³-hybridized carbons (Fsp3) is 0. The van der Waals surface area contributed by atoms with Crippen LogP contribution in [0.2, 0.25) is 0 Å². The molecule has 5 heteroatoms. The molecule has 2 aromatic carbocycles. The first-order chi connectivity index (χ1) is 9.10. The Hall–Kier alpha value is -1.39. The zero-order chi connectivity index (χ0) is 13.8. The molecule has 0 heterocycles. The first-order valence-electron chi connectivity index (χ1n) is 5.37. The van der Waals surface area contributed by atoms with E-state index < -0.39 is 0 Å². The fourth-order valence-electron chi connectivity index (χ4n) is 1.52. The van der Waals surface area contributed by atoms with Crippen LogP contribution in [0.4, 0.5) is 5.69 Å². The largest absolute Gasteiger partial charge is 0.322 e. The predicted octanol–water partition coefficient (Wildman–Crippen LogP) is 4.18. The second kappa shape index (κ2) is 6.17. The number of carbonyl (C=O) groups is 1. The number of halogens is 2. The van der Waals surface area contributed by atoms with Crippen LogP contribution >= 0.6 is 38.5 Å². The number of carbonyl (C=O) groups excluding carboxylic acids is 1. The van der Waals surface area contributed by atoms with Gasteiger partial charge in [0.1, 0.15) is 6.07 Å². The maximum atomic E-state index is 12.0. The molecule has 3 nitrogen and oxygen atoms in total. The molecule has 0 unspecified atom stereocenters. The highest BCUT2D eigenvalue weighted by Crippen LogP contribution is 2.21. The molecule has 0 aromatic heterocycles. The Labute approximate surface area is 132 Å². The van der Waals surface area contributed by atoms with Crippen molar-refractivity contribution in [1.82, 2.24) is 0 Å². The first-order valence-corrected chi connectivity index (χ1v) is 7.24. The van der Waals surface area contributed by atoms with Crippen LogP contribution in [0.1, 0.15) is 15.9 Å². The van der Waals surface area contributed by atoms with E-state index in [2.05, 4.69) is 49.9 Å². The van der Waals surface area contributed by atoms with E-state index in [4.69, 9.17) is 5.26 Å². The summed E-state index contributed by atoms with van der Waals surface area (Å²) in [6.07, 6.45) is 0. The van der Waals surface area contributed by atoms with E-state index in [1.165, 1.54) is 0 Å². The van der Waals surface area contributed by atoms with Gasteiger partial charge in [-0.05, 0) is 74.9 Å². The summed E-state index contributed by atoms with van der Waals surface area (Å²) in [6, 6.07) is 14.5. The number of nitriles is 1. The SMILES string of the molecule is N#Cc1ccc(NC(=O)c2cccc(I)c2)cc1Br. The Bertz CT molecular complexity index is 679. The molecule has 0 aliphatic carbocycles. The summed E-state index contributed by atoms with van der Waals surface area (Å²) in [5, 5.41) is 11.6. The molecular weight excluding hydrogens is 419 g/mol. The van der Waals surface area contributed by atoms with Gasteiger partial charge < -0.3 is 5.32 Å². The van der Waals surface area contributed by atoms with Gasteiger partial charge in [-0.15, -0.1) is 0 Å². The Kier molecular flexibility index (Phi) is 4.56. The van der Waals surface area contributed by atoms with Crippen LogP contribution < -0.4 is 5.32 Å². The van der Waals surface area contributed by atoms with E-state index in [9.17, 15) is 4.79 Å². The summed E-state index contributed by atoms with van der Waals surface area (Å²) < 4.78 is 1.67. The fourth-order valence-corrected chi connectivity index (χ4v) is 2.53. The zero-order valence-electron chi connectivity index (χ0n) is 9.65. The molecule has 1 amide bonds. The van der Waals surface area contributed by atoms with Crippen molar-refractivity contribution >= 4 is 50.1 Å². The molecule has 0 radical (unpaired) electrons. The standard InChI is InChI=1S/C14H8BrIN2O/c15-13-7-12(5-4-10(13)8-17)18-14(19)9-2-1-3-11(16)6-9/h1-7H,(H,18,19). The number of amides is 1. The van der Waals surface area contributed by atoms with Crippen LogP contribution in [0.5, 0.6) is 0 Å². The van der Waals surface area contributed by atoms with E-state index in [1.807, 2.05) is 18.2 Å². The van der Waals surface area contributed by atoms with Gasteiger partial charge in [-0.2, -0.15) is 5.26 Å². The van der Waals surface area contributed by atoms with Gasteiger partial charge in [-0.3, -0.25) is 4.79 Å². The lowest BCUT2D eigenvalue weighted by Gasteiger charge is -2.06. The Morgan fingerprint density at radius 1 is 1.26 bits per heavy atom. The highest BCUT2D eigenvalue weighted by Gasteiger charge is 2.07. The van der Waals surface area contributed by atoms with Crippen molar-refractivity contribution in [2.75, 3.05) is 5.32 Å². The van der Waals surface area contributed by atoms with Gasteiger partial charge in [0.15, 0.2) is 0 Å². The number of nitrogens with one attached hydrogen (secondary N) is 1. The van der Waals surface area contributed by atoms with Crippen LogP contribution in [0.15, 0.2) is 46.9 Å². The van der Waals surface area contributed by atoms with Crippen molar-refractivity contribution in [3.8, 4) is 6.07 Å². The molecule has 1 N–H and O–H groups in total. The highest BCUT2D eigenvalue weighted by atomic mass is 127. The zero-order valence-corrected chi connectivity index (χ0v) is 13.4. The molecule has 19 heavy (non-hydrogen) atoms. The number of benzene rings is 2. The Morgan fingerprint density at radius 2 is 2.05 bits per heavy atom. The molecule has 2 rings (SSSR count). The van der Waals surface area contributed by atoms with Gasteiger partial charge in [-0.1, -0.05) is 6.07 Å². The van der Waals surface area contributed by atoms with Gasteiger partial charge in [0.2, 0.25) is 0 Å². The average Bonchev–Trinajstić information content (AvgIpc) is 2.39. The normalized spacial score (nSPS) is 9.74. The molecule has 0 fully saturated rings. The van der Waals surface area contributed by atoms with Crippen LogP contribution in [0, 0.1) is 14.9 Å². The van der Waals surface area contributed by atoms with Crippen molar-refractivity contribution in [3.05, 3.63) is 61.6 Å². The average molecular weight is 427 g/mol. The minimum atomic E-state index is -0.171. The van der Waals surface area contributed by atoms with E-state index >= 15 is 0 Å². The Balaban J connectivity index is 2.20. The third-order valence-electron chi connectivity index (χ3n) is 2.43. The van der Waals surface area contributed by atoms with Crippen molar-refractivity contribution in [2.24, 2.45) is 0 Å². The maximum Gasteiger partial charge on any atom is 0.255 e. The van der Waals surface area contributed by atoms with E-state index in [0.717, 1.165) is 3.57 Å². The summed E-state index contributed by atoms with van der Waals surface area (Å²) in [6.45, 7) is 0. The second-order valence-corrected chi connectivity index (χ2v) is 5.87. The molecule has 0 aliphatic rings. The summed E-state index contributed by atoms with van der Waals surface area (Å²) in [4.78, 5) is 12.0. The summed E-state index contributed by atoms with van der Waals surface area (Å²) in [5.41, 5.74) is 1.79. The lowest BCUT2D eigenvalue weighted by molar-refractivity contribution is 0.102. The molecule has 0 saturated carbocycles. The van der Waals surface area contributed by atoms with Crippen LogP contribution in [0.25, 0.3) is 0 Å². The molecule has 0 aliphatic heterocycles. The number of hydrogen-bond donors (Lipinski definition) is 1. The van der Waals surface area contributed by atoms with E-state index in [0.29, 0.717) is 21.3 Å². The smallest absolute Gasteiger partial charge is 0.255 e. The highest BCUT2D eigenvalue weighted by molar-refractivity contribution is 14.1. The molecule has 0 spiro atoms. The van der Waals surface area contributed by atoms with Gasteiger partial charge >= 0.3 is 0 Å². The van der Waals surface area contributed by atoms with E-state index in [-0.39, 0.29) is 5.91 Å². The topological polar surface area (TPSA) is 52.9 Å². The summed E-state index contributed by atoms with van der Waals surface area (Å²) in [7, 11) is 0. The Morgan fingerprint density at radius 3 is 2.68 bits per heavy atom. The monoisotopic (exact) mass is 426 g/mol. The molecule has 0 atom stereocenters. The van der Waals surface area contributed by atoms with Crippen molar-refractivity contribution in [2.45, 2.75) is 0 Å². The number of anilines is 1. The summed E-state index contributed by atoms with van der Waals surface area (Å²) >= 11 is 5.45. The quantitative estimate of drug-likeness (QED) is 0.732. The molecule has 94 valence electrons. The lowest BCUT2D eigenvalue weighted by atomic mass is 10.2. The maximum absolute atomic E-state index is 12.0. The first kappa shape index (κ1) is 14.0. The summed E-state index contributed by atoms with van der Waals surface area (Å²) in [5.74, 6) is -0.171. The number of hydrogen-bond acceptors (Lipinski definition) is 2. The van der Waals surface area contributed by atoms with Gasteiger partial charge in [0.05, 0.1) is 5.56 Å². The molecule has 2 aromatic rings. The third kappa shape index (κ3) is 3.55. The van der Waals surface area contributed by atoms with Crippen LogP contribution in [0.3, 0.4) is 0 Å². The van der Waals surface area contributed by atoms with Crippen molar-refractivity contribution in [1.29, 1.82) is 5.26 Å². The van der Waals surface area contributed by atoms with Gasteiger partial charge in [-0.25, -0.2) is 0 Å². The van der Waals surface area contributed by atoms with E-state index in [1.54, 1.807) is 24.3 Å². The molecular formula is C14H8BrIN2O. The number of nitrogens with zero attached hydrogens (tertiary/aromatic N) is 1. The predicted molar refractivity (Wildman–Crippen MR) is 86.0 cm³/mol. The van der Waals surface area contributed by atoms with Gasteiger partial charge in [0, 0.05) is 19.3 Å². The minimum Gasteiger partial charge on any atom is -0.322 e. The number of rotatable bonds is 2. The van der Waals surface area contributed by atoms with Gasteiger partial charge in [0.25, 0.3) is 5.91 Å². The van der Waals surface area contributed by atoms with Crippen LogP contribution in [-0.2, 0) is 0 Å².